The first-order valence-electron chi connectivity index (χ1n) is 9.25. The van der Waals surface area contributed by atoms with E-state index >= 15 is 0 Å². The van der Waals surface area contributed by atoms with Gasteiger partial charge < -0.3 is 19.0 Å². The highest BCUT2D eigenvalue weighted by Gasteiger charge is 2.23. The Kier molecular flexibility index (Phi) is 5.99. The third kappa shape index (κ3) is 4.17. The van der Waals surface area contributed by atoms with E-state index in [1.807, 2.05) is 36.6 Å². The minimum absolute atomic E-state index is 0.195. The highest BCUT2D eigenvalue weighted by Crippen LogP contribution is 2.27. The van der Waals surface area contributed by atoms with Crippen LogP contribution >= 0.6 is 0 Å². The van der Waals surface area contributed by atoms with Crippen molar-refractivity contribution >= 4 is 17.7 Å². The van der Waals surface area contributed by atoms with Crippen molar-refractivity contribution in [1.82, 2.24) is 4.57 Å². The summed E-state index contributed by atoms with van der Waals surface area (Å²) in [6.45, 7) is 3.71. The molecular formula is C21H23N3O4. The fourth-order valence-electron chi connectivity index (χ4n) is 3.32. The molecule has 1 atom stereocenters. The molecule has 7 nitrogen and oxygen atoms in total. The normalized spacial score (nSPS) is 15.8. The number of hydrogen-bond donors (Lipinski definition) is 1. The summed E-state index contributed by atoms with van der Waals surface area (Å²) in [5.41, 5.74) is 2.03. The Hall–Kier alpha value is -3.27. The molecule has 1 aliphatic rings. The third-order valence-corrected chi connectivity index (χ3v) is 5.04. The first-order valence-corrected chi connectivity index (χ1v) is 9.25. The molecule has 2 aromatic heterocycles. The predicted octanol–water partition coefficient (Wildman–Crippen LogP) is 3.46. The number of carbonyl (C=O) groups is 2. The maximum atomic E-state index is 12.4. The molecule has 7 heteroatoms. The second kappa shape index (κ2) is 8.61. The molecule has 1 unspecified atom stereocenters. The first kappa shape index (κ1) is 19.5. The quantitative estimate of drug-likeness (QED) is 0.610. The number of aromatic nitrogens is 1. The number of ether oxygens (including phenoxy) is 1. The molecule has 0 spiro atoms. The van der Waals surface area contributed by atoms with Crippen molar-refractivity contribution in [3.8, 4) is 6.07 Å². The van der Waals surface area contributed by atoms with Crippen molar-refractivity contribution in [2.45, 2.75) is 39.7 Å². The van der Waals surface area contributed by atoms with Crippen LogP contribution in [0.2, 0.25) is 0 Å². The zero-order valence-electron chi connectivity index (χ0n) is 16.0. The topological polar surface area (TPSA) is 97.3 Å². The average molecular weight is 381 g/mol. The van der Waals surface area contributed by atoms with Crippen LogP contribution in [0.25, 0.3) is 0 Å². The van der Waals surface area contributed by atoms with Gasteiger partial charge in [0.15, 0.2) is 6.61 Å². The van der Waals surface area contributed by atoms with Gasteiger partial charge in [0.2, 0.25) is 0 Å². The van der Waals surface area contributed by atoms with Crippen LogP contribution in [0.3, 0.4) is 0 Å². The number of nitrogens with one attached hydrogen (secondary N) is 1. The molecular weight excluding hydrogens is 358 g/mol. The predicted molar refractivity (Wildman–Crippen MR) is 103 cm³/mol. The lowest BCUT2D eigenvalue weighted by Crippen LogP contribution is -2.26. The van der Waals surface area contributed by atoms with Crippen LogP contribution in [0.5, 0.6) is 0 Å². The van der Waals surface area contributed by atoms with Crippen LogP contribution in [0.15, 0.2) is 35.0 Å². The fraction of sp³-hybridized carbons (Fsp3) is 0.381. The van der Waals surface area contributed by atoms with Gasteiger partial charge in [-0.25, -0.2) is 0 Å². The molecule has 0 fully saturated rings. The summed E-state index contributed by atoms with van der Waals surface area (Å²) in [4.78, 5) is 24.5. The molecule has 2 heterocycles. The van der Waals surface area contributed by atoms with E-state index in [9.17, 15) is 14.9 Å². The van der Waals surface area contributed by atoms with Crippen molar-refractivity contribution in [2.24, 2.45) is 5.92 Å². The smallest absolute Gasteiger partial charge is 0.309 e. The molecule has 0 aliphatic heterocycles. The molecule has 0 bridgehead atoms. The molecule has 2 aromatic rings. The van der Waals surface area contributed by atoms with Gasteiger partial charge in [-0.1, -0.05) is 12.2 Å². The van der Waals surface area contributed by atoms with Gasteiger partial charge in [0, 0.05) is 5.69 Å². The number of allylic oxidation sites excluding steroid dienone is 2. The van der Waals surface area contributed by atoms with Crippen LogP contribution in [0, 0.1) is 31.1 Å². The average Bonchev–Trinajstić information content (AvgIpc) is 3.30. The molecule has 0 aromatic carbocycles. The van der Waals surface area contributed by atoms with Crippen molar-refractivity contribution in [2.75, 3.05) is 11.9 Å². The number of esters is 1. The number of furan rings is 1. The Labute approximate surface area is 163 Å². The minimum atomic E-state index is -0.477. The molecule has 3 rings (SSSR count). The second-order valence-corrected chi connectivity index (χ2v) is 6.85. The van der Waals surface area contributed by atoms with Crippen LogP contribution in [-0.4, -0.2) is 23.1 Å². The maximum Gasteiger partial charge on any atom is 0.309 e. The van der Waals surface area contributed by atoms with Gasteiger partial charge in [0.25, 0.3) is 5.91 Å². The molecule has 1 aliphatic carbocycles. The largest absolute Gasteiger partial charge is 0.467 e. The second-order valence-electron chi connectivity index (χ2n) is 6.85. The van der Waals surface area contributed by atoms with Crippen LogP contribution in [0.1, 0.15) is 41.8 Å². The van der Waals surface area contributed by atoms with Gasteiger partial charge in [0.05, 0.1) is 24.3 Å². The first-order chi connectivity index (χ1) is 13.5. The lowest BCUT2D eigenvalue weighted by atomic mass is 9.95. The number of anilines is 1. The van der Waals surface area contributed by atoms with E-state index in [1.165, 1.54) is 0 Å². The van der Waals surface area contributed by atoms with Gasteiger partial charge in [-0.15, -0.1) is 0 Å². The molecule has 0 saturated carbocycles. The fourth-order valence-corrected chi connectivity index (χ4v) is 3.32. The molecule has 0 saturated heterocycles. The van der Waals surface area contributed by atoms with Gasteiger partial charge in [-0.2, -0.15) is 5.26 Å². The van der Waals surface area contributed by atoms with Gasteiger partial charge in [0.1, 0.15) is 17.6 Å². The maximum absolute atomic E-state index is 12.4. The summed E-state index contributed by atoms with van der Waals surface area (Å²) in [6.07, 6.45) is 7.80. The SMILES string of the molecule is Cc1c(C#N)c(NC(=O)COC(=O)C2CC=CCC2)n(Cc2ccco2)c1C. The number of rotatable bonds is 6. The van der Waals surface area contributed by atoms with Gasteiger partial charge >= 0.3 is 5.97 Å². The molecule has 28 heavy (non-hydrogen) atoms. The van der Waals surface area contributed by atoms with E-state index in [0.29, 0.717) is 30.1 Å². The van der Waals surface area contributed by atoms with Crippen molar-refractivity contribution in [3.05, 3.63) is 53.1 Å². The Morgan fingerprint density at radius 1 is 1.39 bits per heavy atom. The van der Waals surface area contributed by atoms with E-state index in [2.05, 4.69) is 11.4 Å². The van der Waals surface area contributed by atoms with Crippen molar-refractivity contribution in [1.29, 1.82) is 5.26 Å². The summed E-state index contributed by atoms with van der Waals surface area (Å²) in [7, 11) is 0. The van der Waals surface area contributed by atoms with E-state index < -0.39 is 5.91 Å². The Morgan fingerprint density at radius 2 is 2.21 bits per heavy atom. The van der Waals surface area contributed by atoms with E-state index in [1.54, 1.807) is 12.3 Å². The minimum Gasteiger partial charge on any atom is -0.467 e. The summed E-state index contributed by atoms with van der Waals surface area (Å²) >= 11 is 0. The monoisotopic (exact) mass is 381 g/mol. The van der Waals surface area contributed by atoms with Crippen LogP contribution < -0.4 is 5.32 Å². The Balaban J connectivity index is 1.71. The number of carbonyl (C=O) groups excluding carboxylic acids is 2. The number of nitriles is 1. The van der Waals surface area contributed by atoms with Gasteiger partial charge in [-0.3, -0.25) is 9.59 Å². The zero-order chi connectivity index (χ0) is 20.1. The molecule has 1 N–H and O–H groups in total. The summed E-state index contributed by atoms with van der Waals surface area (Å²) < 4.78 is 12.4. The van der Waals surface area contributed by atoms with E-state index in [-0.39, 0.29) is 18.5 Å². The number of amides is 1. The van der Waals surface area contributed by atoms with Crippen molar-refractivity contribution < 1.29 is 18.7 Å². The molecule has 1 amide bonds. The zero-order valence-corrected chi connectivity index (χ0v) is 16.0. The standard InChI is InChI=1S/C21H23N3O4/c1-14-15(2)24(12-17-9-6-10-27-17)20(18(14)11-22)23-19(25)13-28-21(26)16-7-4-3-5-8-16/h3-4,6,9-10,16H,5,7-8,12-13H2,1-2H3,(H,23,25). The molecule has 0 radical (unpaired) electrons. The lowest BCUT2D eigenvalue weighted by molar-refractivity contribution is -0.151. The Morgan fingerprint density at radius 3 is 2.86 bits per heavy atom. The van der Waals surface area contributed by atoms with Gasteiger partial charge in [-0.05, 0) is 50.8 Å². The summed E-state index contributed by atoms with van der Waals surface area (Å²) in [6, 6.07) is 5.75. The van der Waals surface area contributed by atoms with Crippen molar-refractivity contribution in [3.63, 3.8) is 0 Å². The molecule has 146 valence electrons. The number of nitrogens with zero attached hydrogens (tertiary/aromatic N) is 2. The lowest BCUT2D eigenvalue weighted by Gasteiger charge is -2.16. The number of hydrogen-bond acceptors (Lipinski definition) is 5. The van der Waals surface area contributed by atoms with Crippen LogP contribution in [-0.2, 0) is 20.9 Å². The third-order valence-electron chi connectivity index (χ3n) is 5.04. The van der Waals surface area contributed by atoms with E-state index in [0.717, 1.165) is 24.1 Å². The highest BCUT2D eigenvalue weighted by molar-refractivity contribution is 5.93. The highest BCUT2D eigenvalue weighted by atomic mass is 16.5. The van der Waals surface area contributed by atoms with Crippen LogP contribution in [0.4, 0.5) is 5.82 Å². The summed E-state index contributed by atoms with van der Waals surface area (Å²) in [5, 5.41) is 12.3. The van der Waals surface area contributed by atoms with E-state index in [4.69, 9.17) is 9.15 Å². The Bertz CT molecular complexity index is 932. The summed E-state index contributed by atoms with van der Waals surface area (Å²) in [5.74, 6) is 0.0536.